The summed E-state index contributed by atoms with van der Waals surface area (Å²) in [7, 11) is 0. The second kappa shape index (κ2) is 5.68. The highest BCUT2D eigenvalue weighted by atomic mass is 16.3. The van der Waals surface area contributed by atoms with Gasteiger partial charge < -0.3 is 15.3 Å². The average Bonchev–Trinajstić information content (AvgIpc) is 2.76. The molecule has 1 aliphatic carbocycles. The van der Waals surface area contributed by atoms with E-state index in [0.717, 1.165) is 25.3 Å². The minimum absolute atomic E-state index is 0.0163. The van der Waals surface area contributed by atoms with Crippen LogP contribution in [0.5, 0.6) is 0 Å². The molecule has 1 saturated carbocycles. The number of aliphatic hydroxyl groups excluding tert-OH is 1. The van der Waals surface area contributed by atoms with Crippen molar-refractivity contribution in [2.24, 2.45) is 5.92 Å². The van der Waals surface area contributed by atoms with Crippen LogP contribution in [0.2, 0.25) is 0 Å². The van der Waals surface area contributed by atoms with Crippen LogP contribution < -0.4 is 5.32 Å². The normalized spacial score (nSPS) is 36.5. The number of rotatable bonds is 4. The van der Waals surface area contributed by atoms with Crippen LogP contribution in [0, 0.1) is 5.92 Å². The molecule has 0 amide bonds. The third-order valence-corrected chi connectivity index (χ3v) is 4.77. The van der Waals surface area contributed by atoms with Gasteiger partial charge in [-0.15, -0.1) is 0 Å². The summed E-state index contributed by atoms with van der Waals surface area (Å²) in [4.78, 5) is 2.66. The van der Waals surface area contributed by atoms with Crippen molar-refractivity contribution in [2.45, 2.75) is 57.5 Å². The lowest BCUT2D eigenvalue weighted by molar-refractivity contribution is 0.118. The van der Waals surface area contributed by atoms with E-state index in [4.69, 9.17) is 0 Å². The van der Waals surface area contributed by atoms with Crippen molar-refractivity contribution in [2.75, 3.05) is 26.2 Å². The quantitative estimate of drug-likeness (QED) is 0.784. The van der Waals surface area contributed by atoms with E-state index in [9.17, 15) is 5.11 Å². The van der Waals surface area contributed by atoms with Crippen molar-refractivity contribution in [3.05, 3.63) is 0 Å². The number of piperidine rings is 1. The Balaban J connectivity index is 1.88. The molecule has 100 valence electrons. The molecular weight excluding hydrogens is 212 g/mol. The lowest BCUT2D eigenvalue weighted by Crippen LogP contribution is -2.48. The first-order valence-electron chi connectivity index (χ1n) is 7.29. The van der Waals surface area contributed by atoms with Gasteiger partial charge in [0.1, 0.15) is 0 Å². The Bertz CT molecular complexity index is 238. The summed E-state index contributed by atoms with van der Waals surface area (Å²) >= 11 is 0. The minimum atomic E-state index is 0.0163. The van der Waals surface area contributed by atoms with Crippen molar-refractivity contribution in [1.29, 1.82) is 0 Å². The predicted molar refractivity (Wildman–Crippen MR) is 71.1 cm³/mol. The van der Waals surface area contributed by atoms with Crippen LogP contribution in [0.25, 0.3) is 0 Å². The van der Waals surface area contributed by atoms with E-state index in [-0.39, 0.29) is 5.54 Å². The molecule has 3 nitrogen and oxygen atoms in total. The second-order valence-corrected chi connectivity index (χ2v) is 6.08. The van der Waals surface area contributed by atoms with Crippen LogP contribution in [0.3, 0.4) is 0 Å². The molecule has 0 aromatic carbocycles. The van der Waals surface area contributed by atoms with Crippen LogP contribution >= 0.6 is 0 Å². The van der Waals surface area contributed by atoms with E-state index < -0.39 is 0 Å². The molecule has 0 radical (unpaired) electrons. The summed E-state index contributed by atoms with van der Waals surface area (Å²) in [6.45, 7) is 8.28. The van der Waals surface area contributed by atoms with Gasteiger partial charge in [-0.3, -0.25) is 0 Å². The van der Waals surface area contributed by atoms with Gasteiger partial charge in [-0.25, -0.2) is 0 Å². The Morgan fingerprint density at radius 3 is 2.59 bits per heavy atom. The lowest BCUT2D eigenvalue weighted by atomic mass is 9.95. The van der Waals surface area contributed by atoms with Gasteiger partial charge in [0.05, 0.1) is 6.61 Å². The standard InChI is InChI=1S/C14H28N2O/c1-3-15-14(11-17)7-4-13(10-14)16-8-5-12(2)6-9-16/h12-13,15,17H,3-11H2,1-2H3. The average molecular weight is 240 g/mol. The number of likely N-dealkylation sites (N-methyl/N-ethyl adjacent to an activating group) is 1. The van der Waals surface area contributed by atoms with Crippen molar-refractivity contribution < 1.29 is 5.11 Å². The highest BCUT2D eigenvalue weighted by Crippen LogP contribution is 2.34. The second-order valence-electron chi connectivity index (χ2n) is 6.08. The molecule has 0 aromatic rings. The third kappa shape index (κ3) is 3.01. The van der Waals surface area contributed by atoms with Gasteiger partial charge in [0.2, 0.25) is 0 Å². The molecule has 2 atom stereocenters. The smallest absolute Gasteiger partial charge is 0.0613 e. The molecule has 0 aromatic heterocycles. The summed E-state index contributed by atoms with van der Waals surface area (Å²) in [5.41, 5.74) is 0.0163. The topological polar surface area (TPSA) is 35.5 Å². The van der Waals surface area contributed by atoms with E-state index in [1.54, 1.807) is 0 Å². The van der Waals surface area contributed by atoms with Gasteiger partial charge in [0.15, 0.2) is 0 Å². The van der Waals surface area contributed by atoms with E-state index in [1.807, 2.05) is 0 Å². The van der Waals surface area contributed by atoms with Gasteiger partial charge in [-0.2, -0.15) is 0 Å². The largest absolute Gasteiger partial charge is 0.394 e. The van der Waals surface area contributed by atoms with Crippen molar-refractivity contribution in [1.82, 2.24) is 10.2 Å². The number of hydrogen-bond donors (Lipinski definition) is 2. The molecular formula is C14H28N2O. The molecule has 0 bridgehead atoms. The summed E-state index contributed by atoms with van der Waals surface area (Å²) < 4.78 is 0. The van der Waals surface area contributed by atoms with Gasteiger partial charge >= 0.3 is 0 Å². The van der Waals surface area contributed by atoms with E-state index in [0.29, 0.717) is 12.6 Å². The maximum absolute atomic E-state index is 9.62. The van der Waals surface area contributed by atoms with Crippen molar-refractivity contribution in [3.63, 3.8) is 0 Å². The zero-order chi connectivity index (χ0) is 12.3. The third-order valence-electron chi connectivity index (χ3n) is 4.77. The van der Waals surface area contributed by atoms with Gasteiger partial charge in [-0.05, 0) is 57.7 Å². The fraction of sp³-hybridized carbons (Fsp3) is 1.00. The summed E-state index contributed by atoms with van der Waals surface area (Å²) in [5, 5.41) is 13.1. The van der Waals surface area contributed by atoms with Crippen LogP contribution in [0.4, 0.5) is 0 Å². The Labute approximate surface area is 106 Å². The molecule has 2 unspecified atom stereocenters. The first-order chi connectivity index (χ1) is 8.19. The van der Waals surface area contributed by atoms with Crippen LogP contribution in [0.1, 0.15) is 46.0 Å². The monoisotopic (exact) mass is 240 g/mol. The molecule has 3 heteroatoms. The first-order valence-corrected chi connectivity index (χ1v) is 7.29. The zero-order valence-electron chi connectivity index (χ0n) is 11.4. The molecule has 1 aliphatic heterocycles. The van der Waals surface area contributed by atoms with E-state index in [2.05, 4.69) is 24.1 Å². The summed E-state index contributed by atoms with van der Waals surface area (Å²) in [6.07, 6.45) is 6.22. The molecule has 1 saturated heterocycles. The number of nitrogens with one attached hydrogen (secondary N) is 1. The number of likely N-dealkylation sites (tertiary alicyclic amines) is 1. The fourth-order valence-corrected chi connectivity index (χ4v) is 3.54. The van der Waals surface area contributed by atoms with Crippen LogP contribution in [0.15, 0.2) is 0 Å². The first kappa shape index (κ1) is 13.3. The Morgan fingerprint density at radius 1 is 1.29 bits per heavy atom. The Morgan fingerprint density at radius 2 is 2.00 bits per heavy atom. The molecule has 2 rings (SSSR count). The van der Waals surface area contributed by atoms with Gasteiger partial charge in [-0.1, -0.05) is 13.8 Å². The highest BCUT2D eigenvalue weighted by molar-refractivity contribution is 4.99. The van der Waals surface area contributed by atoms with Crippen LogP contribution in [-0.4, -0.2) is 47.8 Å². The Kier molecular flexibility index (Phi) is 4.45. The maximum Gasteiger partial charge on any atom is 0.0613 e. The molecule has 2 fully saturated rings. The molecule has 1 heterocycles. The molecule has 2 aliphatic rings. The number of nitrogens with zero attached hydrogens (tertiary/aromatic N) is 1. The Hall–Kier alpha value is -0.120. The van der Waals surface area contributed by atoms with E-state index >= 15 is 0 Å². The maximum atomic E-state index is 9.62. The lowest BCUT2D eigenvalue weighted by Gasteiger charge is -2.36. The van der Waals surface area contributed by atoms with Crippen LogP contribution in [-0.2, 0) is 0 Å². The number of aliphatic hydroxyl groups is 1. The fourth-order valence-electron chi connectivity index (χ4n) is 3.54. The SMILES string of the molecule is CCNC1(CO)CCC(N2CCC(C)CC2)C1. The summed E-state index contributed by atoms with van der Waals surface area (Å²) in [6, 6.07) is 0.702. The molecule has 0 spiro atoms. The molecule has 17 heavy (non-hydrogen) atoms. The zero-order valence-corrected chi connectivity index (χ0v) is 11.4. The predicted octanol–water partition coefficient (Wildman–Crippen LogP) is 1.61. The highest BCUT2D eigenvalue weighted by Gasteiger charge is 2.40. The van der Waals surface area contributed by atoms with Gasteiger partial charge in [0, 0.05) is 11.6 Å². The molecule has 2 N–H and O–H groups in total. The summed E-state index contributed by atoms with van der Waals surface area (Å²) in [5.74, 6) is 0.906. The van der Waals surface area contributed by atoms with Crippen molar-refractivity contribution in [3.8, 4) is 0 Å². The van der Waals surface area contributed by atoms with Crippen molar-refractivity contribution >= 4 is 0 Å². The minimum Gasteiger partial charge on any atom is -0.394 e. The number of hydrogen-bond acceptors (Lipinski definition) is 3. The van der Waals surface area contributed by atoms with E-state index in [1.165, 1.54) is 32.4 Å². The van der Waals surface area contributed by atoms with Gasteiger partial charge in [0.25, 0.3) is 0 Å².